The van der Waals surface area contributed by atoms with Gasteiger partial charge in [0.1, 0.15) is 0 Å². The van der Waals surface area contributed by atoms with E-state index in [0.717, 1.165) is 5.71 Å². The fourth-order valence-corrected chi connectivity index (χ4v) is 1.02. The standard InChI is InChI=1S/C8H13N3O2/c1-11(2)8(13)4-3-6-5-7(12)10-9-6/h3-5H2,1-2H3,(H,10,12). The topological polar surface area (TPSA) is 61.8 Å². The predicted molar refractivity (Wildman–Crippen MR) is 48.1 cm³/mol. The fraction of sp³-hybridized carbons (Fsp3) is 0.625. The second-order valence-electron chi connectivity index (χ2n) is 3.18. The summed E-state index contributed by atoms with van der Waals surface area (Å²) in [5, 5.41) is 3.79. The van der Waals surface area contributed by atoms with Crippen LogP contribution in [-0.4, -0.2) is 36.5 Å². The Morgan fingerprint density at radius 3 is 2.77 bits per heavy atom. The van der Waals surface area contributed by atoms with Crippen molar-refractivity contribution in [1.29, 1.82) is 0 Å². The van der Waals surface area contributed by atoms with Gasteiger partial charge in [0.15, 0.2) is 0 Å². The zero-order valence-electron chi connectivity index (χ0n) is 7.83. The van der Waals surface area contributed by atoms with Gasteiger partial charge >= 0.3 is 0 Å². The molecule has 0 saturated heterocycles. The minimum Gasteiger partial charge on any atom is -0.349 e. The molecule has 0 aromatic heterocycles. The smallest absolute Gasteiger partial charge is 0.245 e. The minimum atomic E-state index is -0.0905. The monoisotopic (exact) mass is 183 g/mol. The molecular formula is C8H13N3O2. The number of hydrazone groups is 1. The molecular weight excluding hydrogens is 170 g/mol. The molecule has 0 aliphatic carbocycles. The highest BCUT2D eigenvalue weighted by Gasteiger charge is 2.15. The summed E-state index contributed by atoms with van der Waals surface area (Å²) >= 11 is 0. The van der Waals surface area contributed by atoms with Crippen molar-refractivity contribution in [3.8, 4) is 0 Å². The van der Waals surface area contributed by atoms with Crippen LogP contribution in [-0.2, 0) is 9.59 Å². The molecule has 13 heavy (non-hydrogen) atoms. The first-order chi connectivity index (χ1) is 6.09. The molecule has 1 aliphatic heterocycles. The number of hydrogen-bond donors (Lipinski definition) is 1. The normalized spacial score (nSPS) is 15.2. The Labute approximate surface area is 76.8 Å². The van der Waals surface area contributed by atoms with Crippen molar-refractivity contribution in [2.45, 2.75) is 19.3 Å². The Hall–Kier alpha value is -1.39. The summed E-state index contributed by atoms with van der Waals surface area (Å²) in [6, 6.07) is 0. The molecule has 0 radical (unpaired) electrons. The molecule has 0 aromatic rings. The van der Waals surface area contributed by atoms with E-state index in [9.17, 15) is 9.59 Å². The maximum atomic E-state index is 11.1. The maximum absolute atomic E-state index is 11.1. The second-order valence-corrected chi connectivity index (χ2v) is 3.18. The Bertz CT molecular complexity index is 258. The van der Waals surface area contributed by atoms with Gasteiger partial charge in [-0.3, -0.25) is 9.59 Å². The highest BCUT2D eigenvalue weighted by molar-refractivity contribution is 6.05. The van der Waals surface area contributed by atoms with Gasteiger partial charge in [0.05, 0.1) is 6.42 Å². The summed E-state index contributed by atoms with van der Waals surface area (Å²) in [4.78, 5) is 23.4. The van der Waals surface area contributed by atoms with E-state index in [1.807, 2.05) is 0 Å². The quantitative estimate of drug-likeness (QED) is 0.654. The van der Waals surface area contributed by atoms with Gasteiger partial charge in [-0.2, -0.15) is 5.10 Å². The van der Waals surface area contributed by atoms with E-state index in [4.69, 9.17) is 0 Å². The fourth-order valence-electron chi connectivity index (χ4n) is 1.02. The van der Waals surface area contributed by atoms with E-state index >= 15 is 0 Å². The van der Waals surface area contributed by atoms with Gasteiger partial charge in [-0.15, -0.1) is 0 Å². The highest BCUT2D eigenvalue weighted by atomic mass is 16.2. The molecule has 0 bridgehead atoms. The summed E-state index contributed by atoms with van der Waals surface area (Å²) in [5.74, 6) is -0.0330. The van der Waals surface area contributed by atoms with Crippen molar-refractivity contribution >= 4 is 17.5 Å². The molecule has 1 heterocycles. The molecule has 1 rings (SSSR count). The third kappa shape index (κ3) is 2.85. The first-order valence-corrected chi connectivity index (χ1v) is 4.14. The predicted octanol–water partition coefficient (Wildman–Crippen LogP) is -0.269. The lowest BCUT2D eigenvalue weighted by molar-refractivity contribution is -0.128. The van der Waals surface area contributed by atoms with E-state index in [1.165, 1.54) is 4.90 Å². The first kappa shape index (κ1) is 9.70. The van der Waals surface area contributed by atoms with Crippen LogP contribution in [0.5, 0.6) is 0 Å². The van der Waals surface area contributed by atoms with Gasteiger partial charge in [0.2, 0.25) is 11.8 Å². The average molecular weight is 183 g/mol. The van der Waals surface area contributed by atoms with Crippen LogP contribution in [0.25, 0.3) is 0 Å². The summed E-state index contributed by atoms with van der Waals surface area (Å²) in [7, 11) is 3.42. The van der Waals surface area contributed by atoms with Crippen LogP contribution in [0, 0.1) is 0 Å². The maximum Gasteiger partial charge on any atom is 0.245 e. The zero-order chi connectivity index (χ0) is 9.84. The van der Waals surface area contributed by atoms with Crippen LogP contribution in [0.15, 0.2) is 5.10 Å². The molecule has 1 N–H and O–H groups in total. The van der Waals surface area contributed by atoms with Crippen molar-refractivity contribution in [2.75, 3.05) is 14.1 Å². The second kappa shape index (κ2) is 4.02. The zero-order valence-corrected chi connectivity index (χ0v) is 7.83. The lowest BCUT2D eigenvalue weighted by Crippen LogP contribution is -2.22. The van der Waals surface area contributed by atoms with E-state index < -0.39 is 0 Å². The number of nitrogens with one attached hydrogen (secondary N) is 1. The average Bonchev–Trinajstić information content (AvgIpc) is 2.47. The molecule has 2 amide bonds. The van der Waals surface area contributed by atoms with E-state index in [1.54, 1.807) is 14.1 Å². The van der Waals surface area contributed by atoms with E-state index in [0.29, 0.717) is 19.3 Å². The number of rotatable bonds is 3. The van der Waals surface area contributed by atoms with E-state index in [-0.39, 0.29) is 11.8 Å². The molecule has 0 spiro atoms. The molecule has 5 nitrogen and oxygen atoms in total. The van der Waals surface area contributed by atoms with Crippen LogP contribution < -0.4 is 5.43 Å². The summed E-state index contributed by atoms with van der Waals surface area (Å²) in [5.41, 5.74) is 3.11. The number of hydrogen-bond acceptors (Lipinski definition) is 3. The van der Waals surface area contributed by atoms with Crippen LogP contribution >= 0.6 is 0 Å². The Kier molecular flexibility index (Phi) is 3.00. The molecule has 5 heteroatoms. The lowest BCUT2D eigenvalue weighted by Gasteiger charge is -2.08. The van der Waals surface area contributed by atoms with Gasteiger partial charge in [0, 0.05) is 26.2 Å². The number of amides is 2. The first-order valence-electron chi connectivity index (χ1n) is 4.14. The number of carbonyl (C=O) groups excluding carboxylic acids is 2. The highest BCUT2D eigenvalue weighted by Crippen LogP contribution is 2.03. The van der Waals surface area contributed by atoms with Crippen LogP contribution in [0.1, 0.15) is 19.3 Å². The Morgan fingerprint density at radius 2 is 2.31 bits per heavy atom. The van der Waals surface area contributed by atoms with Gasteiger partial charge in [0.25, 0.3) is 0 Å². The Morgan fingerprint density at radius 1 is 1.62 bits per heavy atom. The van der Waals surface area contributed by atoms with Crippen molar-refractivity contribution in [3.05, 3.63) is 0 Å². The van der Waals surface area contributed by atoms with Crippen LogP contribution in [0.3, 0.4) is 0 Å². The van der Waals surface area contributed by atoms with Crippen molar-refractivity contribution in [2.24, 2.45) is 5.10 Å². The third-order valence-corrected chi connectivity index (χ3v) is 1.83. The van der Waals surface area contributed by atoms with Gasteiger partial charge in [-0.05, 0) is 6.42 Å². The molecule has 0 fully saturated rings. The molecule has 72 valence electrons. The largest absolute Gasteiger partial charge is 0.349 e. The van der Waals surface area contributed by atoms with Crippen molar-refractivity contribution in [3.63, 3.8) is 0 Å². The van der Waals surface area contributed by atoms with Crippen molar-refractivity contribution in [1.82, 2.24) is 10.3 Å². The summed E-state index contributed by atoms with van der Waals surface area (Å²) in [6.07, 6.45) is 1.32. The lowest BCUT2D eigenvalue weighted by atomic mass is 10.1. The van der Waals surface area contributed by atoms with E-state index in [2.05, 4.69) is 10.5 Å². The number of nitrogens with zero attached hydrogens (tertiary/aromatic N) is 2. The number of carbonyl (C=O) groups is 2. The molecule has 0 unspecified atom stereocenters. The molecule has 0 aromatic carbocycles. The van der Waals surface area contributed by atoms with Crippen LogP contribution in [0.4, 0.5) is 0 Å². The Balaban J connectivity index is 2.27. The molecule has 0 saturated carbocycles. The molecule has 0 atom stereocenters. The van der Waals surface area contributed by atoms with Crippen LogP contribution in [0.2, 0.25) is 0 Å². The van der Waals surface area contributed by atoms with Gasteiger partial charge in [-0.25, -0.2) is 5.43 Å². The summed E-state index contributed by atoms with van der Waals surface area (Å²) < 4.78 is 0. The molecule has 1 aliphatic rings. The third-order valence-electron chi connectivity index (χ3n) is 1.83. The van der Waals surface area contributed by atoms with Gasteiger partial charge in [-0.1, -0.05) is 0 Å². The summed E-state index contributed by atoms with van der Waals surface area (Å²) in [6.45, 7) is 0. The van der Waals surface area contributed by atoms with Gasteiger partial charge < -0.3 is 4.90 Å². The SMILES string of the molecule is CN(C)C(=O)CCC1=NNC(=O)C1. The minimum absolute atomic E-state index is 0.0575. The van der Waals surface area contributed by atoms with Crippen molar-refractivity contribution < 1.29 is 9.59 Å².